The molecule has 0 bridgehead atoms. The van der Waals surface area contributed by atoms with Crippen molar-refractivity contribution >= 4 is 10.9 Å². The number of β-amino-alcohol motifs (C(OH)–C–C–N with tert-alkyl or cyclic N) is 2. The number of likely N-dealkylation sites (tertiary alicyclic amines) is 2. The molecule has 2 aliphatic rings. The van der Waals surface area contributed by atoms with Gasteiger partial charge < -0.3 is 20.0 Å². The molecule has 4 rings (SSSR count). The number of aliphatic hydroxyl groups excluding tert-OH is 2. The maximum absolute atomic E-state index is 13.3. The molecule has 2 unspecified atom stereocenters. The fourth-order valence-electron chi connectivity index (χ4n) is 5.13. The molecule has 0 radical (unpaired) electrons. The van der Waals surface area contributed by atoms with E-state index in [1.165, 1.54) is 17.4 Å². The van der Waals surface area contributed by atoms with E-state index >= 15 is 0 Å². The highest BCUT2D eigenvalue weighted by molar-refractivity contribution is 5.77. The molecule has 8 heteroatoms. The minimum absolute atomic E-state index is 0.0405. The van der Waals surface area contributed by atoms with E-state index in [1.807, 2.05) is 0 Å². The van der Waals surface area contributed by atoms with Gasteiger partial charge >= 0.3 is 5.69 Å². The molecule has 2 atom stereocenters. The summed E-state index contributed by atoms with van der Waals surface area (Å²) in [5.41, 5.74) is -0.323. The van der Waals surface area contributed by atoms with Crippen LogP contribution in [0.25, 0.3) is 10.9 Å². The Morgan fingerprint density at radius 3 is 1.75 bits per heavy atom. The van der Waals surface area contributed by atoms with Crippen LogP contribution in [0.3, 0.4) is 0 Å². The molecule has 1 aromatic heterocycles. The molecule has 0 saturated carbocycles. The lowest BCUT2D eigenvalue weighted by Crippen LogP contribution is -2.47. The third kappa shape index (κ3) is 5.49. The van der Waals surface area contributed by atoms with Crippen molar-refractivity contribution in [1.82, 2.24) is 18.9 Å². The second-order valence-electron chi connectivity index (χ2n) is 9.36. The molecular formula is C24H36N4O4. The maximum Gasteiger partial charge on any atom is 0.331 e. The lowest BCUT2D eigenvalue weighted by atomic mass is 10.1. The van der Waals surface area contributed by atoms with E-state index in [4.69, 9.17) is 0 Å². The summed E-state index contributed by atoms with van der Waals surface area (Å²) in [5, 5.41) is 21.8. The van der Waals surface area contributed by atoms with Gasteiger partial charge in [0, 0.05) is 13.1 Å². The van der Waals surface area contributed by atoms with Crippen LogP contribution in [0.2, 0.25) is 0 Å². The molecule has 2 aliphatic heterocycles. The smallest absolute Gasteiger partial charge is 0.331 e. The second kappa shape index (κ2) is 10.7. The summed E-state index contributed by atoms with van der Waals surface area (Å²) in [6.45, 7) is 4.87. The summed E-state index contributed by atoms with van der Waals surface area (Å²) in [4.78, 5) is 30.9. The molecule has 0 aliphatic carbocycles. The summed E-state index contributed by atoms with van der Waals surface area (Å²) in [6, 6.07) is 7.03. The van der Waals surface area contributed by atoms with Gasteiger partial charge in [0.25, 0.3) is 5.56 Å². The largest absolute Gasteiger partial charge is 0.390 e. The number of rotatable bonds is 8. The van der Waals surface area contributed by atoms with Gasteiger partial charge in [0.05, 0.1) is 36.2 Å². The minimum atomic E-state index is -0.800. The quantitative estimate of drug-likeness (QED) is 0.628. The van der Waals surface area contributed by atoms with Crippen molar-refractivity contribution in [2.45, 2.75) is 63.8 Å². The summed E-state index contributed by atoms with van der Waals surface area (Å²) in [5.74, 6) is 0. The number of para-hydroxylation sites is 1. The van der Waals surface area contributed by atoms with Crippen molar-refractivity contribution in [1.29, 1.82) is 0 Å². The van der Waals surface area contributed by atoms with Crippen LogP contribution in [-0.4, -0.2) is 80.6 Å². The molecule has 3 heterocycles. The average molecular weight is 445 g/mol. The molecule has 1 aromatic carbocycles. The highest BCUT2D eigenvalue weighted by Crippen LogP contribution is 2.12. The van der Waals surface area contributed by atoms with Gasteiger partial charge in [-0.3, -0.25) is 13.9 Å². The van der Waals surface area contributed by atoms with Crippen LogP contribution >= 0.6 is 0 Å². The van der Waals surface area contributed by atoms with Crippen molar-refractivity contribution in [3.8, 4) is 0 Å². The molecule has 32 heavy (non-hydrogen) atoms. The first kappa shape index (κ1) is 23.2. The van der Waals surface area contributed by atoms with Crippen LogP contribution in [0, 0.1) is 0 Å². The molecule has 176 valence electrons. The molecule has 0 amide bonds. The number of aromatic nitrogens is 2. The van der Waals surface area contributed by atoms with Gasteiger partial charge in [-0.05, 0) is 64.0 Å². The number of aliphatic hydroxyl groups is 2. The molecule has 2 saturated heterocycles. The Morgan fingerprint density at radius 1 is 0.688 bits per heavy atom. The number of piperidine rings is 2. The summed E-state index contributed by atoms with van der Waals surface area (Å²) in [6.07, 6.45) is 5.42. The van der Waals surface area contributed by atoms with E-state index in [0.717, 1.165) is 56.4 Å². The third-order valence-electron chi connectivity index (χ3n) is 6.75. The molecule has 8 nitrogen and oxygen atoms in total. The highest BCUT2D eigenvalue weighted by atomic mass is 16.3. The van der Waals surface area contributed by atoms with E-state index in [0.29, 0.717) is 24.0 Å². The van der Waals surface area contributed by atoms with Crippen LogP contribution in [0.1, 0.15) is 38.5 Å². The Morgan fingerprint density at radius 2 is 1.19 bits per heavy atom. The number of nitrogens with zero attached hydrogens (tertiary/aromatic N) is 4. The highest BCUT2D eigenvalue weighted by Gasteiger charge is 2.21. The Hall–Kier alpha value is -2.00. The fraction of sp³-hybridized carbons (Fsp3) is 0.667. The van der Waals surface area contributed by atoms with E-state index in [-0.39, 0.29) is 18.6 Å². The van der Waals surface area contributed by atoms with Gasteiger partial charge in [-0.1, -0.05) is 25.0 Å². The van der Waals surface area contributed by atoms with Gasteiger partial charge in [0.15, 0.2) is 0 Å². The predicted molar refractivity (Wildman–Crippen MR) is 125 cm³/mol. The molecule has 2 aromatic rings. The molecular weight excluding hydrogens is 408 g/mol. The average Bonchev–Trinajstić information content (AvgIpc) is 2.81. The van der Waals surface area contributed by atoms with Gasteiger partial charge in [0.1, 0.15) is 0 Å². The summed E-state index contributed by atoms with van der Waals surface area (Å²) < 4.78 is 2.64. The summed E-state index contributed by atoms with van der Waals surface area (Å²) in [7, 11) is 0. The minimum Gasteiger partial charge on any atom is -0.390 e. The van der Waals surface area contributed by atoms with E-state index in [9.17, 15) is 19.8 Å². The summed E-state index contributed by atoms with van der Waals surface area (Å²) >= 11 is 0. The van der Waals surface area contributed by atoms with Crippen molar-refractivity contribution in [2.75, 3.05) is 39.3 Å². The van der Waals surface area contributed by atoms with Crippen molar-refractivity contribution in [3.05, 3.63) is 45.1 Å². The van der Waals surface area contributed by atoms with E-state index < -0.39 is 17.9 Å². The van der Waals surface area contributed by atoms with Gasteiger partial charge in [-0.2, -0.15) is 0 Å². The van der Waals surface area contributed by atoms with Crippen molar-refractivity contribution in [2.24, 2.45) is 0 Å². The SMILES string of the molecule is O=c1c2ccccc2n(CC(O)CN2CCCCC2)c(=O)n1CC(O)CN1CCCCC1. The molecule has 0 spiro atoms. The molecule has 2 N–H and O–H groups in total. The Labute approximate surface area is 188 Å². The zero-order valence-electron chi connectivity index (χ0n) is 18.9. The number of hydrogen-bond acceptors (Lipinski definition) is 6. The standard InChI is InChI=1S/C24H36N4O4/c29-19(15-25-11-5-1-6-12-25)17-27-22-10-4-3-9-21(22)23(31)28(24(27)32)18-20(30)16-26-13-7-2-8-14-26/h3-4,9-10,19-20,29-30H,1-2,5-8,11-18H2. The van der Waals surface area contributed by atoms with E-state index in [2.05, 4.69) is 9.80 Å². The van der Waals surface area contributed by atoms with Gasteiger partial charge in [-0.25, -0.2) is 4.79 Å². The Balaban J connectivity index is 1.57. The van der Waals surface area contributed by atoms with Gasteiger partial charge in [-0.15, -0.1) is 0 Å². The number of hydrogen-bond donors (Lipinski definition) is 2. The van der Waals surface area contributed by atoms with Crippen LogP contribution in [-0.2, 0) is 13.1 Å². The normalized spacial score (nSPS) is 20.4. The lowest BCUT2D eigenvalue weighted by molar-refractivity contribution is 0.0823. The maximum atomic E-state index is 13.3. The first-order valence-corrected chi connectivity index (χ1v) is 12.1. The molecule has 2 fully saturated rings. The number of fused-ring (bicyclic) bond motifs is 1. The van der Waals surface area contributed by atoms with Crippen LogP contribution < -0.4 is 11.2 Å². The van der Waals surface area contributed by atoms with E-state index in [1.54, 1.807) is 24.3 Å². The first-order chi connectivity index (χ1) is 15.5. The zero-order valence-corrected chi connectivity index (χ0v) is 18.9. The van der Waals surface area contributed by atoms with Crippen LogP contribution in [0.5, 0.6) is 0 Å². The predicted octanol–water partition coefficient (Wildman–Crippen LogP) is 0.857. The monoisotopic (exact) mass is 444 g/mol. The third-order valence-corrected chi connectivity index (χ3v) is 6.75. The van der Waals surface area contributed by atoms with Crippen molar-refractivity contribution < 1.29 is 10.2 Å². The zero-order chi connectivity index (χ0) is 22.5. The van der Waals surface area contributed by atoms with Gasteiger partial charge in [0.2, 0.25) is 0 Å². The second-order valence-corrected chi connectivity index (χ2v) is 9.36. The van der Waals surface area contributed by atoms with Crippen LogP contribution in [0.4, 0.5) is 0 Å². The van der Waals surface area contributed by atoms with Crippen molar-refractivity contribution in [3.63, 3.8) is 0 Å². The Bertz CT molecular complexity index is 1010. The number of benzene rings is 1. The lowest BCUT2D eigenvalue weighted by Gasteiger charge is -2.29. The topological polar surface area (TPSA) is 90.9 Å². The fourth-order valence-corrected chi connectivity index (χ4v) is 5.13. The van der Waals surface area contributed by atoms with Crippen LogP contribution in [0.15, 0.2) is 33.9 Å². The first-order valence-electron chi connectivity index (χ1n) is 12.1. The Kier molecular flexibility index (Phi) is 7.78.